The van der Waals surface area contributed by atoms with Crippen LogP contribution in [-0.4, -0.2) is 18.3 Å². The van der Waals surface area contributed by atoms with E-state index in [4.69, 9.17) is 11.6 Å². The molecular formula is C11H20ClNO. The summed E-state index contributed by atoms with van der Waals surface area (Å²) < 4.78 is 0. The molecule has 2 nitrogen and oxygen atoms in total. The number of piperidine rings is 1. The van der Waals surface area contributed by atoms with E-state index in [-0.39, 0.29) is 5.24 Å². The second-order valence-corrected chi connectivity index (χ2v) is 4.59. The smallest absolute Gasteiger partial charge is 0.221 e. The van der Waals surface area contributed by atoms with Gasteiger partial charge >= 0.3 is 0 Å². The fourth-order valence-corrected chi connectivity index (χ4v) is 2.18. The van der Waals surface area contributed by atoms with Crippen molar-refractivity contribution in [1.82, 2.24) is 5.32 Å². The van der Waals surface area contributed by atoms with Crippen LogP contribution in [0.4, 0.5) is 0 Å². The van der Waals surface area contributed by atoms with E-state index in [2.05, 4.69) is 5.32 Å². The summed E-state index contributed by atoms with van der Waals surface area (Å²) in [6.07, 6.45) is 7.91. The van der Waals surface area contributed by atoms with Crippen molar-refractivity contribution in [1.29, 1.82) is 0 Å². The van der Waals surface area contributed by atoms with Gasteiger partial charge in [0, 0.05) is 6.42 Å². The van der Waals surface area contributed by atoms with E-state index in [9.17, 15) is 4.79 Å². The monoisotopic (exact) mass is 217 g/mol. The number of hydrogen-bond acceptors (Lipinski definition) is 2. The Morgan fingerprint density at radius 2 is 2.21 bits per heavy atom. The Morgan fingerprint density at radius 1 is 1.36 bits per heavy atom. The lowest BCUT2D eigenvalue weighted by molar-refractivity contribution is -0.111. The fraction of sp³-hybridized carbons (Fsp3) is 0.909. The Labute approximate surface area is 91.4 Å². The predicted octanol–water partition coefficient (Wildman–Crippen LogP) is 2.70. The van der Waals surface area contributed by atoms with Crippen molar-refractivity contribution in [3.05, 3.63) is 0 Å². The highest BCUT2D eigenvalue weighted by Gasteiger charge is 2.11. The summed E-state index contributed by atoms with van der Waals surface area (Å²) in [5.41, 5.74) is 0. The molecule has 0 amide bonds. The highest BCUT2D eigenvalue weighted by molar-refractivity contribution is 6.63. The normalized spacial score (nSPS) is 22.2. The van der Waals surface area contributed by atoms with Gasteiger partial charge in [0.2, 0.25) is 5.24 Å². The highest BCUT2D eigenvalue weighted by Crippen LogP contribution is 2.17. The first-order valence-corrected chi connectivity index (χ1v) is 6.06. The van der Waals surface area contributed by atoms with E-state index in [1.54, 1.807) is 0 Å². The summed E-state index contributed by atoms with van der Waals surface area (Å²) in [4.78, 5) is 10.5. The van der Waals surface area contributed by atoms with Gasteiger partial charge < -0.3 is 5.32 Å². The average Bonchev–Trinajstić information content (AvgIpc) is 2.18. The van der Waals surface area contributed by atoms with Gasteiger partial charge in [0.05, 0.1) is 0 Å². The van der Waals surface area contributed by atoms with E-state index in [1.165, 1.54) is 38.8 Å². The van der Waals surface area contributed by atoms with Gasteiger partial charge in [-0.25, -0.2) is 0 Å². The van der Waals surface area contributed by atoms with Crippen LogP contribution in [0.15, 0.2) is 0 Å². The van der Waals surface area contributed by atoms with Gasteiger partial charge in [-0.15, -0.1) is 0 Å². The molecule has 1 rings (SSSR count). The van der Waals surface area contributed by atoms with Gasteiger partial charge in [0.25, 0.3) is 0 Å². The molecule has 3 heteroatoms. The van der Waals surface area contributed by atoms with Crippen LogP contribution in [0.2, 0.25) is 0 Å². The summed E-state index contributed by atoms with van der Waals surface area (Å²) in [5.74, 6) is 0.871. The molecule has 1 saturated heterocycles. The largest absolute Gasteiger partial charge is 0.316 e. The van der Waals surface area contributed by atoms with Crippen molar-refractivity contribution in [2.24, 2.45) is 5.92 Å². The third kappa shape index (κ3) is 5.61. The average molecular weight is 218 g/mol. The second kappa shape index (κ2) is 7.24. The molecule has 14 heavy (non-hydrogen) atoms. The Balaban J connectivity index is 1.90. The topological polar surface area (TPSA) is 29.1 Å². The Hall–Kier alpha value is -0.0800. The van der Waals surface area contributed by atoms with Gasteiger partial charge in [-0.05, 0) is 56.3 Å². The summed E-state index contributed by atoms with van der Waals surface area (Å²) in [7, 11) is 0. The van der Waals surface area contributed by atoms with Crippen LogP contribution >= 0.6 is 11.6 Å². The minimum absolute atomic E-state index is 0.190. The standard InChI is InChI=1S/C11H20ClNO/c12-11(14)7-3-1-2-5-10-6-4-8-13-9-10/h10,13H,1-9H2. The Kier molecular flexibility index (Phi) is 6.20. The molecule has 0 saturated carbocycles. The number of rotatable bonds is 6. The molecule has 0 aromatic heterocycles. The van der Waals surface area contributed by atoms with Crippen molar-refractivity contribution in [2.75, 3.05) is 13.1 Å². The molecule has 1 atom stereocenters. The number of halogens is 1. The van der Waals surface area contributed by atoms with Crippen molar-refractivity contribution in [3.8, 4) is 0 Å². The summed E-state index contributed by atoms with van der Waals surface area (Å²) in [5, 5.41) is 3.23. The zero-order chi connectivity index (χ0) is 10.2. The quantitative estimate of drug-likeness (QED) is 0.548. The molecule has 82 valence electrons. The van der Waals surface area contributed by atoms with Crippen molar-refractivity contribution in [3.63, 3.8) is 0 Å². The zero-order valence-electron chi connectivity index (χ0n) is 8.73. The van der Waals surface area contributed by atoms with Crippen molar-refractivity contribution in [2.45, 2.75) is 44.9 Å². The molecule has 0 bridgehead atoms. The van der Waals surface area contributed by atoms with Gasteiger partial charge in [0.15, 0.2) is 0 Å². The maximum absolute atomic E-state index is 10.5. The van der Waals surface area contributed by atoms with E-state index < -0.39 is 0 Å². The molecule has 1 N–H and O–H groups in total. The fourth-order valence-electron chi connectivity index (χ4n) is 2.04. The molecule has 0 aromatic carbocycles. The van der Waals surface area contributed by atoms with Gasteiger partial charge in [-0.2, -0.15) is 0 Å². The Morgan fingerprint density at radius 3 is 2.86 bits per heavy atom. The highest BCUT2D eigenvalue weighted by atomic mass is 35.5. The summed E-state index contributed by atoms with van der Waals surface area (Å²) in [6.45, 7) is 2.38. The number of nitrogens with one attached hydrogen (secondary N) is 1. The number of unbranched alkanes of at least 4 members (excludes halogenated alkanes) is 2. The molecule has 1 aliphatic rings. The lowest BCUT2D eigenvalue weighted by atomic mass is 9.93. The second-order valence-electron chi connectivity index (χ2n) is 4.17. The van der Waals surface area contributed by atoms with Crippen molar-refractivity contribution >= 4 is 16.8 Å². The maximum Gasteiger partial charge on any atom is 0.221 e. The number of carbonyl (C=O) groups is 1. The van der Waals surface area contributed by atoms with Crippen molar-refractivity contribution < 1.29 is 4.79 Å². The lowest BCUT2D eigenvalue weighted by Crippen LogP contribution is -2.29. The van der Waals surface area contributed by atoms with Crippen LogP contribution in [0, 0.1) is 5.92 Å². The first kappa shape index (κ1) is 12.0. The molecule has 1 heterocycles. The Bertz CT molecular complexity index is 167. The molecular weight excluding hydrogens is 198 g/mol. The third-order valence-electron chi connectivity index (χ3n) is 2.88. The molecule has 1 fully saturated rings. The van der Waals surface area contributed by atoms with Crippen LogP contribution in [0.25, 0.3) is 0 Å². The van der Waals surface area contributed by atoms with Crippen LogP contribution in [0.3, 0.4) is 0 Å². The van der Waals surface area contributed by atoms with Gasteiger partial charge in [-0.3, -0.25) is 4.79 Å². The number of hydrogen-bond donors (Lipinski definition) is 1. The number of carbonyl (C=O) groups excluding carboxylic acids is 1. The minimum Gasteiger partial charge on any atom is -0.316 e. The zero-order valence-corrected chi connectivity index (χ0v) is 9.48. The van der Waals surface area contributed by atoms with E-state index in [1.807, 2.05) is 0 Å². The first-order valence-electron chi connectivity index (χ1n) is 5.68. The first-order chi connectivity index (χ1) is 6.79. The van der Waals surface area contributed by atoms with Gasteiger partial charge in [-0.1, -0.05) is 12.8 Å². The van der Waals surface area contributed by atoms with Crippen LogP contribution in [0.5, 0.6) is 0 Å². The molecule has 0 aliphatic carbocycles. The predicted molar refractivity (Wildman–Crippen MR) is 59.5 cm³/mol. The maximum atomic E-state index is 10.5. The molecule has 0 aromatic rings. The molecule has 0 radical (unpaired) electrons. The molecule has 1 unspecified atom stereocenters. The van der Waals surface area contributed by atoms with E-state index >= 15 is 0 Å². The SMILES string of the molecule is O=C(Cl)CCCCCC1CCCNC1. The summed E-state index contributed by atoms with van der Waals surface area (Å²) >= 11 is 5.26. The summed E-state index contributed by atoms with van der Waals surface area (Å²) in [6, 6.07) is 0. The van der Waals surface area contributed by atoms with Crippen LogP contribution in [-0.2, 0) is 4.79 Å². The van der Waals surface area contributed by atoms with Crippen LogP contribution < -0.4 is 5.32 Å². The molecule has 0 spiro atoms. The molecule has 1 aliphatic heterocycles. The lowest BCUT2D eigenvalue weighted by Gasteiger charge is -2.22. The third-order valence-corrected chi connectivity index (χ3v) is 3.07. The van der Waals surface area contributed by atoms with Gasteiger partial charge in [0.1, 0.15) is 0 Å². The minimum atomic E-state index is -0.190. The van der Waals surface area contributed by atoms with E-state index in [0.717, 1.165) is 18.8 Å². The van der Waals surface area contributed by atoms with Crippen LogP contribution in [0.1, 0.15) is 44.9 Å². The van der Waals surface area contributed by atoms with E-state index in [0.29, 0.717) is 6.42 Å².